The first-order chi connectivity index (χ1) is 10.0. The van der Waals surface area contributed by atoms with E-state index in [2.05, 4.69) is 15.3 Å². The van der Waals surface area contributed by atoms with Gasteiger partial charge < -0.3 is 5.32 Å². The molecule has 1 heterocycles. The molecule has 1 aromatic carbocycles. The predicted octanol–water partition coefficient (Wildman–Crippen LogP) is 3.46. The molecule has 0 bridgehead atoms. The molecule has 2 aromatic rings. The van der Waals surface area contributed by atoms with Crippen molar-refractivity contribution in [3.63, 3.8) is 0 Å². The molecule has 0 amide bonds. The van der Waals surface area contributed by atoms with Gasteiger partial charge in [-0.2, -0.15) is 0 Å². The molecule has 1 unspecified atom stereocenters. The lowest BCUT2D eigenvalue weighted by Gasteiger charge is -2.20. The number of hydrogen-bond donors (Lipinski definition) is 1. The Morgan fingerprint density at radius 1 is 1.19 bits per heavy atom. The highest BCUT2D eigenvalue weighted by molar-refractivity contribution is 5.34. The quantitative estimate of drug-likeness (QED) is 0.916. The number of nitrogens with one attached hydrogen (secondary N) is 1. The van der Waals surface area contributed by atoms with E-state index in [4.69, 9.17) is 0 Å². The first-order valence-corrected chi connectivity index (χ1v) is 7.02. The first kappa shape index (κ1) is 15.5. The van der Waals surface area contributed by atoms with Crippen LogP contribution in [-0.2, 0) is 0 Å². The molecule has 0 saturated carbocycles. The van der Waals surface area contributed by atoms with E-state index < -0.39 is 17.7 Å². The fraction of sp³-hybridized carbons (Fsp3) is 0.375. The van der Waals surface area contributed by atoms with Gasteiger partial charge in [0.15, 0.2) is 0 Å². The molecule has 0 aliphatic carbocycles. The van der Waals surface area contributed by atoms with E-state index >= 15 is 0 Å². The third kappa shape index (κ3) is 3.42. The highest BCUT2D eigenvalue weighted by atomic mass is 19.1. The van der Waals surface area contributed by atoms with Gasteiger partial charge in [-0.25, -0.2) is 18.7 Å². The van der Waals surface area contributed by atoms with Crippen molar-refractivity contribution in [2.75, 3.05) is 6.54 Å². The van der Waals surface area contributed by atoms with Gasteiger partial charge in [-0.15, -0.1) is 0 Å². The van der Waals surface area contributed by atoms with E-state index in [1.807, 2.05) is 6.92 Å². The molecule has 3 nitrogen and oxygen atoms in total. The normalized spacial score (nSPS) is 12.4. The van der Waals surface area contributed by atoms with Crippen molar-refractivity contribution in [1.29, 1.82) is 0 Å². The summed E-state index contributed by atoms with van der Waals surface area (Å²) in [6, 6.07) is 3.80. The van der Waals surface area contributed by atoms with Crippen molar-refractivity contribution in [3.8, 4) is 0 Å². The number of halogens is 2. The fourth-order valence-corrected chi connectivity index (χ4v) is 2.22. The lowest BCUT2D eigenvalue weighted by molar-refractivity contribution is 0.493. The summed E-state index contributed by atoms with van der Waals surface area (Å²) in [5.41, 5.74) is 1.00. The van der Waals surface area contributed by atoms with Crippen LogP contribution < -0.4 is 5.32 Å². The summed E-state index contributed by atoms with van der Waals surface area (Å²) in [4.78, 5) is 8.34. The van der Waals surface area contributed by atoms with Crippen molar-refractivity contribution in [3.05, 3.63) is 58.7 Å². The summed E-state index contributed by atoms with van der Waals surface area (Å²) in [7, 11) is 0. The molecule has 5 heteroatoms. The lowest BCUT2D eigenvalue weighted by Crippen LogP contribution is -2.26. The van der Waals surface area contributed by atoms with Crippen molar-refractivity contribution in [2.45, 2.75) is 33.2 Å². The summed E-state index contributed by atoms with van der Waals surface area (Å²) < 4.78 is 28.6. The van der Waals surface area contributed by atoms with Gasteiger partial charge in [0.25, 0.3) is 0 Å². The minimum Gasteiger partial charge on any atom is -0.305 e. The maximum atomic E-state index is 14.4. The van der Waals surface area contributed by atoms with Crippen molar-refractivity contribution >= 4 is 0 Å². The molecule has 1 N–H and O–H groups in total. The van der Waals surface area contributed by atoms with Gasteiger partial charge in [-0.3, -0.25) is 0 Å². The van der Waals surface area contributed by atoms with E-state index in [-0.39, 0.29) is 5.56 Å². The van der Waals surface area contributed by atoms with E-state index in [9.17, 15) is 8.78 Å². The predicted molar refractivity (Wildman–Crippen MR) is 78.0 cm³/mol. The van der Waals surface area contributed by atoms with Crippen LogP contribution in [0.1, 0.15) is 42.0 Å². The first-order valence-electron chi connectivity index (χ1n) is 7.02. The number of aryl methyl sites for hydroxylation is 2. The van der Waals surface area contributed by atoms with Crippen LogP contribution in [0.15, 0.2) is 24.4 Å². The Morgan fingerprint density at radius 2 is 1.95 bits per heavy atom. The standard InChI is InChI=1S/C16H19F2N3/c1-4-8-20-16(13-7-9-19-11(3)21-13)14-12(17)6-5-10(2)15(14)18/h5-7,9,16,20H,4,8H2,1-3H3. The van der Waals surface area contributed by atoms with Crippen LogP contribution in [0.25, 0.3) is 0 Å². The highest BCUT2D eigenvalue weighted by Gasteiger charge is 2.24. The third-order valence-corrected chi connectivity index (χ3v) is 3.30. The van der Waals surface area contributed by atoms with Crippen LogP contribution >= 0.6 is 0 Å². The molecule has 0 radical (unpaired) electrons. The molecule has 2 rings (SSSR count). The van der Waals surface area contributed by atoms with Crippen LogP contribution in [-0.4, -0.2) is 16.5 Å². The molecule has 0 spiro atoms. The minimum atomic E-state index is -0.619. The zero-order valence-electron chi connectivity index (χ0n) is 12.5. The largest absolute Gasteiger partial charge is 0.305 e. The van der Waals surface area contributed by atoms with Crippen LogP contribution in [0, 0.1) is 25.5 Å². The average Bonchev–Trinajstić information content (AvgIpc) is 2.46. The van der Waals surface area contributed by atoms with Gasteiger partial charge in [0.1, 0.15) is 17.5 Å². The molecular weight excluding hydrogens is 272 g/mol. The maximum Gasteiger partial charge on any atom is 0.134 e. The third-order valence-electron chi connectivity index (χ3n) is 3.30. The molecule has 1 aromatic heterocycles. The summed E-state index contributed by atoms with van der Waals surface area (Å²) in [5.74, 6) is -0.521. The Bertz CT molecular complexity index is 629. The van der Waals surface area contributed by atoms with Gasteiger partial charge in [-0.05, 0) is 44.5 Å². The molecule has 0 aliphatic heterocycles. The number of aromatic nitrogens is 2. The lowest BCUT2D eigenvalue weighted by atomic mass is 9.99. The summed E-state index contributed by atoms with van der Waals surface area (Å²) >= 11 is 0. The van der Waals surface area contributed by atoms with Crippen LogP contribution in [0.4, 0.5) is 8.78 Å². The van der Waals surface area contributed by atoms with Crippen molar-refractivity contribution < 1.29 is 8.78 Å². The van der Waals surface area contributed by atoms with Crippen molar-refractivity contribution in [2.24, 2.45) is 0 Å². The highest BCUT2D eigenvalue weighted by Crippen LogP contribution is 2.27. The molecule has 0 aliphatic rings. The molecule has 1 atom stereocenters. The number of hydrogen-bond acceptors (Lipinski definition) is 3. The van der Waals surface area contributed by atoms with E-state index in [1.165, 1.54) is 12.1 Å². The van der Waals surface area contributed by atoms with E-state index in [0.29, 0.717) is 23.6 Å². The van der Waals surface area contributed by atoms with E-state index in [0.717, 1.165) is 6.42 Å². The second-order valence-corrected chi connectivity index (χ2v) is 5.01. The minimum absolute atomic E-state index is 0.0153. The smallest absolute Gasteiger partial charge is 0.134 e. The second kappa shape index (κ2) is 6.72. The number of benzene rings is 1. The number of nitrogens with zero attached hydrogens (tertiary/aromatic N) is 2. The number of rotatable bonds is 5. The summed E-state index contributed by atoms with van der Waals surface area (Å²) in [6.07, 6.45) is 2.46. The summed E-state index contributed by atoms with van der Waals surface area (Å²) in [5, 5.41) is 3.17. The van der Waals surface area contributed by atoms with E-state index in [1.54, 1.807) is 26.1 Å². The SMILES string of the molecule is CCCNC(c1ccnc(C)n1)c1c(F)ccc(C)c1F. The van der Waals surface area contributed by atoms with Crippen LogP contribution in [0.3, 0.4) is 0 Å². The average molecular weight is 291 g/mol. The Balaban J connectivity index is 2.53. The molecule has 21 heavy (non-hydrogen) atoms. The van der Waals surface area contributed by atoms with Gasteiger partial charge in [0, 0.05) is 11.8 Å². The summed E-state index contributed by atoms with van der Waals surface area (Å²) in [6.45, 7) is 6.02. The molecule has 0 saturated heterocycles. The molecule has 112 valence electrons. The molecule has 0 fully saturated rings. The Kier molecular flexibility index (Phi) is 4.96. The Morgan fingerprint density at radius 3 is 2.62 bits per heavy atom. The molecular formula is C16H19F2N3. The van der Waals surface area contributed by atoms with Gasteiger partial charge in [-0.1, -0.05) is 13.0 Å². The Hall–Kier alpha value is -1.88. The Labute approximate surface area is 123 Å². The van der Waals surface area contributed by atoms with Crippen LogP contribution in [0.2, 0.25) is 0 Å². The maximum absolute atomic E-state index is 14.4. The second-order valence-electron chi connectivity index (χ2n) is 5.01. The fourth-order valence-electron chi connectivity index (χ4n) is 2.22. The zero-order valence-corrected chi connectivity index (χ0v) is 12.5. The van der Waals surface area contributed by atoms with Crippen molar-refractivity contribution in [1.82, 2.24) is 15.3 Å². The van der Waals surface area contributed by atoms with Gasteiger partial charge in [0.05, 0.1) is 11.7 Å². The van der Waals surface area contributed by atoms with Gasteiger partial charge >= 0.3 is 0 Å². The van der Waals surface area contributed by atoms with Crippen LogP contribution in [0.5, 0.6) is 0 Å². The topological polar surface area (TPSA) is 37.8 Å². The zero-order chi connectivity index (χ0) is 15.4. The van der Waals surface area contributed by atoms with Gasteiger partial charge in [0.2, 0.25) is 0 Å². The monoisotopic (exact) mass is 291 g/mol.